The first kappa shape index (κ1) is 22.5. The number of halogens is 1. The van der Waals surface area contributed by atoms with Crippen LogP contribution in [0.25, 0.3) is 10.2 Å². The number of fused-ring (bicyclic) bond motifs is 1. The maximum absolute atomic E-state index is 14.3. The first-order chi connectivity index (χ1) is 16.0. The second kappa shape index (κ2) is 10.3. The van der Waals surface area contributed by atoms with Gasteiger partial charge in [0, 0.05) is 31.1 Å². The highest BCUT2D eigenvalue weighted by Crippen LogP contribution is 2.31. The van der Waals surface area contributed by atoms with Gasteiger partial charge in [0.1, 0.15) is 5.82 Å². The lowest BCUT2D eigenvalue weighted by molar-refractivity contribution is -0.130. The van der Waals surface area contributed by atoms with Crippen LogP contribution in [-0.2, 0) is 24.3 Å². The first-order valence-corrected chi connectivity index (χ1v) is 11.3. The zero-order chi connectivity index (χ0) is 23.2. The van der Waals surface area contributed by atoms with E-state index >= 15 is 0 Å². The highest BCUT2D eigenvalue weighted by molar-refractivity contribution is 7.22. The molecule has 0 saturated heterocycles. The molecule has 7 heteroatoms. The smallest absolute Gasteiger partial charge is 0.382 e. The van der Waals surface area contributed by atoms with Crippen molar-refractivity contribution in [2.75, 3.05) is 11.4 Å². The Bertz CT molecular complexity index is 1320. The molecule has 0 saturated carbocycles. The number of nitrogens with zero attached hydrogens (tertiary/aromatic N) is 2. The molecule has 0 aliphatic heterocycles. The van der Waals surface area contributed by atoms with Crippen LogP contribution >= 0.6 is 11.3 Å². The van der Waals surface area contributed by atoms with Gasteiger partial charge in [0.2, 0.25) is 0 Å². The van der Waals surface area contributed by atoms with E-state index in [1.54, 1.807) is 18.2 Å². The molecule has 0 aliphatic rings. The molecule has 0 radical (unpaired) electrons. The van der Waals surface area contributed by atoms with Gasteiger partial charge in [-0.1, -0.05) is 59.7 Å². The molecule has 1 aromatic heterocycles. The van der Waals surface area contributed by atoms with Crippen LogP contribution in [0, 0.1) is 17.7 Å². The zero-order valence-electron chi connectivity index (χ0n) is 17.8. The molecule has 5 nitrogen and oxygen atoms in total. The lowest BCUT2D eigenvalue weighted by atomic mass is 10.1. The molecule has 3 aromatic carbocycles. The van der Waals surface area contributed by atoms with Gasteiger partial charge in [0.25, 0.3) is 0 Å². The van der Waals surface area contributed by atoms with Crippen LogP contribution in [0.3, 0.4) is 0 Å². The standard InChI is InChI=1S/C26H22FN3O2S/c27-22-2-1-3-23-25(22)33-26(29-23)30(15-14-19-4-8-20(16-28)9-5-19)17-21-10-6-18(7-11-21)12-13-24(31)32/h1-11H,14-17,28H2,(H,31,32). The molecule has 1 heterocycles. The van der Waals surface area contributed by atoms with Crippen LogP contribution in [-0.4, -0.2) is 22.6 Å². The minimum absolute atomic E-state index is 0.269. The quantitative estimate of drug-likeness (QED) is 0.396. The highest BCUT2D eigenvalue weighted by Gasteiger charge is 2.15. The van der Waals surface area contributed by atoms with Crippen LogP contribution in [0.4, 0.5) is 9.52 Å². The topological polar surface area (TPSA) is 79.5 Å². The summed E-state index contributed by atoms with van der Waals surface area (Å²) >= 11 is 1.34. The zero-order valence-corrected chi connectivity index (χ0v) is 18.6. The van der Waals surface area contributed by atoms with Crippen molar-refractivity contribution in [1.82, 2.24) is 4.98 Å². The minimum Gasteiger partial charge on any atom is -0.472 e. The Morgan fingerprint density at radius 2 is 1.73 bits per heavy atom. The number of thiazole rings is 1. The molecule has 0 fully saturated rings. The van der Waals surface area contributed by atoms with Gasteiger partial charge in [0.05, 0.1) is 10.2 Å². The molecule has 0 aliphatic carbocycles. The van der Waals surface area contributed by atoms with Crippen molar-refractivity contribution in [1.29, 1.82) is 0 Å². The number of carboxylic acids is 1. The summed E-state index contributed by atoms with van der Waals surface area (Å²) in [7, 11) is 0. The molecule has 3 N–H and O–H groups in total. The van der Waals surface area contributed by atoms with Gasteiger partial charge in [-0.2, -0.15) is 0 Å². The van der Waals surface area contributed by atoms with Crippen LogP contribution in [0.1, 0.15) is 22.3 Å². The molecule has 0 amide bonds. The van der Waals surface area contributed by atoms with Gasteiger partial charge in [-0.15, -0.1) is 0 Å². The van der Waals surface area contributed by atoms with E-state index < -0.39 is 5.97 Å². The molecular weight excluding hydrogens is 437 g/mol. The number of hydrogen-bond acceptors (Lipinski definition) is 5. The average molecular weight is 460 g/mol. The Balaban J connectivity index is 1.58. The predicted molar refractivity (Wildman–Crippen MR) is 130 cm³/mol. The van der Waals surface area contributed by atoms with Crippen LogP contribution in [0.2, 0.25) is 0 Å². The van der Waals surface area contributed by atoms with Gasteiger partial charge >= 0.3 is 5.97 Å². The monoisotopic (exact) mass is 459 g/mol. The largest absolute Gasteiger partial charge is 0.472 e. The lowest BCUT2D eigenvalue weighted by Crippen LogP contribution is -2.25. The van der Waals surface area contributed by atoms with Crippen LogP contribution in [0.5, 0.6) is 0 Å². The van der Waals surface area contributed by atoms with Gasteiger partial charge in [0.15, 0.2) is 5.13 Å². The third-order valence-electron chi connectivity index (χ3n) is 5.20. The van der Waals surface area contributed by atoms with E-state index in [-0.39, 0.29) is 5.82 Å². The highest BCUT2D eigenvalue weighted by atomic mass is 32.1. The van der Waals surface area contributed by atoms with E-state index in [2.05, 4.69) is 33.9 Å². The SMILES string of the molecule is NCc1ccc(CCN(Cc2ccc(C#CC(=O)O)cc2)c2nc3cccc(F)c3s2)cc1. The summed E-state index contributed by atoms with van der Waals surface area (Å²) in [6, 6.07) is 20.6. The Morgan fingerprint density at radius 3 is 2.39 bits per heavy atom. The molecule has 4 aromatic rings. The number of hydrogen-bond donors (Lipinski definition) is 2. The Kier molecular flexibility index (Phi) is 6.98. The second-order valence-electron chi connectivity index (χ2n) is 7.53. The number of aromatic nitrogens is 1. The van der Waals surface area contributed by atoms with Crippen molar-refractivity contribution in [3.05, 3.63) is 94.8 Å². The molecule has 0 atom stereocenters. The summed E-state index contributed by atoms with van der Waals surface area (Å²) in [5.74, 6) is 3.30. The molecule has 0 bridgehead atoms. The third kappa shape index (κ3) is 5.75. The summed E-state index contributed by atoms with van der Waals surface area (Å²) in [5.41, 5.74) is 10.3. The summed E-state index contributed by atoms with van der Waals surface area (Å²) in [6.07, 6.45) is 0.797. The molecule has 0 spiro atoms. The van der Waals surface area contributed by atoms with Crippen molar-refractivity contribution in [3.63, 3.8) is 0 Å². The number of benzene rings is 3. The second-order valence-corrected chi connectivity index (χ2v) is 8.51. The molecule has 33 heavy (non-hydrogen) atoms. The predicted octanol–water partition coefficient (Wildman–Crippen LogP) is 4.58. The molecular formula is C26H22FN3O2S. The Labute approximate surface area is 195 Å². The van der Waals surface area contributed by atoms with Crippen molar-refractivity contribution >= 4 is 32.7 Å². The number of rotatable bonds is 7. The van der Waals surface area contributed by atoms with E-state index in [1.165, 1.54) is 23.0 Å². The van der Waals surface area contributed by atoms with E-state index in [1.807, 2.05) is 30.3 Å². The van der Waals surface area contributed by atoms with Crippen molar-refractivity contribution in [2.45, 2.75) is 19.5 Å². The maximum atomic E-state index is 14.3. The molecule has 0 unspecified atom stereocenters. The fourth-order valence-electron chi connectivity index (χ4n) is 3.43. The summed E-state index contributed by atoms with van der Waals surface area (Å²) < 4.78 is 14.8. The van der Waals surface area contributed by atoms with Crippen molar-refractivity contribution < 1.29 is 14.3 Å². The van der Waals surface area contributed by atoms with Gasteiger partial charge < -0.3 is 15.7 Å². The summed E-state index contributed by atoms with van der Waals surface area (Å²) in [6.45, 7) is 1.79. The Hall–Kier alpha value is -3.73. The number of aliphatic carboxylic acids is 1. The normalized spacial score (nSPS) is 10.6. The molecule has 4 rings (SSSR count). The fourth-order valence-corrected chi connectivity index (χ4v) is 4.42. The van der Waals surface area contributed by atoms with E-state index in [0.29, 0.717) is 35.4 Å². The summed E-state index contributed by atoms with van der Waals surface area (Å²) in [5, 5.41) is 9.47. The van der Waals surface area contributed by atoms with Gasteiger partial charge in [-0.25, -0.2) is 14.2 Å². The van der Waals surface area contributed by atoms with Crippen LogP contribution < -0.4 is 10.6 Å². The number of carboxylic acid groups (broad SMARTS) is 1. The first-order valence-electron chi connectivity index (χ1n) is 10.4. The van der Waals surface area contributed by atoms with Gasteiger partial charge in [-0.05, 0) is 47.4 Å². The van der Waals surface area contributed by atoms with E-state index in [0.717, 1.165) is 22.7 Å². The van der Waals surface area contributed by atoms with E-state index in [4.69, 9.17) is 10.8 Å². The third-order valence-corrected chi connectivity index (χ3v) is 6.34. The van der Waals surface area contributed by atoms with Crippen molar-refractivity contribution in [2.24, 2.45) is 5.73 Å². The minimum atomic E-state index is -1.16. The van der Waals surface area contributed by atoms with E-state index in [9.17, 15) is 9.18 Å². The average Bonchev–Trinajstić information content (AvgIpc) is 3.27. The number of nitrogens with two attached hydrogens (primary N) is 1. The number of carbonyl (C=O) groups is 1. The maximum Gasteiger partial charge on any atom is 0.382 e. The van der Waals surface area contributed by atoms with Crippen LogP contribution in [0.15, 0.2) is 66.7 Å². The lowest BCUT2D eigenvalue weighted by Gasteiger charge is -2.22. The Morgan fingerprint density at radius 1 is 1.03 bits per heavy atom. The van der Waals surface area contributed by atoms with Gasteiger partial charge in [-0.3, -0.25) is 0 Å². The fraction of sp³-hybridized carbons (Fsp3) is 0.154. The van der Waals surface area contributed by atoms with Crippen molar-refractivity contribution in [3.8, 4) is 11.8 Å². The summed E-state index contributed by atoms with van der Waals surface area (Å²) in [4.78, 5) is 17.5. The molecule has 166 valence electrons. The number of anilines is 1.